The second-order valence-electron chi connectivity index (χ2n) is 4.30. The molecule has 1 amide bonds. The number of amides is 1. The number of carbonyl (C=O) groups excluding carboxylic acids is 1. The third kappa shape index (κ3) is 3.51. The van der Waals surface area contributed by atoms with Crippen LogP contribution in [0.3, 0.4) is 0 Å². The van der Waals surface area contributed by atoms with Gasteiger partial charge in [0.05, 0.1) is 12.6 Å². The molecule has 1 rings (SSSR count). The van der Waals surface area contributed by atoms with Crippen LogP contribution in [-0.2, 0) is 9.47 Å². The first-order valence-electron chi connectivity index (χ1n) is 4.68. The highest BCUT2D eigenvalue weighted by Gasteiger charge is 2.29. The summed E-state index contributed by atoms with van der Waals surface area (Å²) >= 11 is 0. The Morgan fingerprint density at radius 1 is 1.57 bits per heavy atom. The summed E-state index contributed by atoms with van der Waals surface area (Å²) < 4.78 is 9.91. The molecule has 1 saturated heterocycles. The van der Waals surface area contributed by atoms with Crippen molar-refractivity contribution < 1.29 is 19.4 Å². The fraction of sp³-hybridized carbons (Fsp3) is 0.889. The van der Waals surface area contributed by atoms with Crippen LogP contribution >= 0.6 is 0 Å². The summed E-state index contributed by atoms with van der Waals surface area (Å²) in [5.41, 5.74) is -0.519. The van der Waals surface area contributed by atoms with Crippen LogP contribution in [-0.4, -0.2) is 35.7 Å². The van der Waals surface area contributed by atoms with Gasteiger partial charge in [-0.3, -0.25) is 0 Å². The summed E-state index contributed by atoms with van der Waals surface area (Å²) in [6.45, 7) is 5.82. The molecule has 2 N–H and O–H groups in total. The number of nitrogens with one attached hydrogen (secondary N) is 1. The minimum Gasteiger partial charge on any atom is -0.444 e. The van der Waals surface area contributed by atoms with Crippen LogP contribution in [0, 0.1) is 0 Å². The van der Waals surface area contributed by atoms with Crippen LogP contribution in [0.5, 0.6) is 0 Å². The Morgan fingerprint density at radius 2 is 2.21 bits per heavy atom. The van der Waals surface area contributed by atoms with Crippen molar-refractivity contribution in [2.24, 2.45) is 0 Å². The Morgan fingerprint density at radius 3 is 2.64 bits per heavy atom. The monoisotopic (exact) mass is 203 g/mol. The molecule has 5 nitrogen and oxygen atoms in total. The lowest BCUT2D eigenvalue weighted by atomic mass is 10.2. The number of hydrogen-bond acceptors (Lipinski definition) is 4. The molecular formula is C9H17NO4. The molecule has 1 aliphatic rings. The number of aliphatic hydroxyl groups is 1. The number of ether oxygens (including phenoxy) is 2. The standard InChI is InChI=1S/C9H17NO4/c1-9(2,3)14-8(12)10-6-4-5-13-7(6)11/h6-7,11H,4-5H2,1-3H3,(H,10,12)/t6-,7-/m1/s1. The molecule has 0 saturated carbocycles. The summed E-state index contributed by atoms with van der Waals surface area (Å²) in [6.07, 6.45) is -0.824. The van der Waals surface area contributed by atoms with Gasteiger partial charge < -0.3 is 19.9 Å². The molecular weight excluding hydrogens is 186 g/mol. The Labute approximate surface area is 83.4 Å². The molecule has 2 atom stereocenters. The van der Waals surface area contributed by atoms with Gasteiger partial charge in [-0.1, -0.05) is 0 Å². The molecule has 0 bridgehead atoms. The van der Waals surface area contributed by atoms with E-state index in [9.17, 15) is 9.90 Å². The molecule has 0 aromatic heterocycles. The normalized spacial score (nSPS) is 27.4. The fourth-order valence-electron chi connectivity index (χ4n) is 1.18. The lowest BCUT2D eigenvalue weighted by Gasteiger charge is -2.22. The van der Waals surface area contributed by atoms with Gasteiger partial charge in [0.15, 0.2) is 6.29 Å². The largest absolute Gasteiger partial charge is 0.444 e. The first kappa shape index (κ1) is 11.3. The van der Waals surface area contributed by atoms with Gasteiger partial charge in [0, 0.05) is 0 Å². The molecule has 0 aromatic rings. The molecule has 1 aliphatic heterocycles. The molecule has 14 heavy (non-hydrogen) atoms. The van der Waals surface area contributed by atoms with Crippen molar-refractivity contribution in [3.05, 3.63) is 0 Å². The molecule has 5 heteroatoms. The second-order valence-corrected chi connectivity index (χ2v) is 4.30. The Kier molecular flexibility index (Phi) is 3.34. The number of alkyl carbamates (subject to hydrolysis) is 1. The second kappa shape index (κ2) is 4.14. The van der Waals surface area contributed by atoms with Crippen molar-refractivity contribution in [2.45, 2.75) is 45.1 Å². The molecule has 0 aromatic carbocycles. The predicted octanol–water partition coefficient (Wildman–Crippen LogP) is 0.618. The van der Waals surface area contributed by atoms with E-state index in [0.29, 0.717) is 13.0 Å². The van der Waals surface area contributed by atoms with Gasteiger partial charge in [-0.05, 0) is 27.2 Å². The summed E-state index contributed by atoms with van der Waals surface area (Å²) in [7, 11) is 0. The molecule has 82 valence electrons. The van der Waals surface area contributed by atoms with E-state index in [1.807, 2.05) is 0 Å². The molecule has 1 fully saturated rings. The van der Waals surface area contributed by atoms with E-state index in [2.05, 4.69) is 5.32 Å². The van der Waals surface area contributed by atoms with Crippen molar-refractivity contribution in [1.29, 1.82) is 0 Å². The van der Waals surface area contributed by atoms with E-state index >= 15 is 0 Å². The number of aliphatic hydroxyl groups excluding tert-OH is 1. The van der Waals surface area contributed by atoms with Crippen LogP contribution in [0.2, 0.25) is 0 Å². The average molecular weight is 203 g/mol. The van der Waals surface area contributed by atoms with Gasteiger partial charge >= 0.3 is 6.09 Å². The van der Waals surface area contributed by atoms with E-state index < -0.39 is 18.0 Å². The van der Waals surface area contributed by atoms with Gasteiger partial charge in [0.25, 0.3) is 0 Å². The zero-order valence-electron chi connectivity index (χ0n) is 8.74. The van der Waals surface area contributed by atoms with Crippen molar-refractivity contribution in [3.8, 4) is 0 Å². The molecule has 1 heterocycles. The van der Waals surface area contributed by atoms with E-state index in [4.69, 9.17) is 9.47 Å². The lowest BCUT2D eigenvalue weighted by molar-refractivity contribution is -0.0723. The quantitative estimate of drug-likeness (QED) is 0.655. The van der Waals surface area contributed by atoms with Crippen LogP contribution in [0.1, 0.15) is 27.2 Å². The van der Waals surface area contributed by atoms with Gasteiger partial charge in [-0.15, -0.1) is 0 Å². The van der Waals surface area contributed by atoms with Crippen molar-refractivity contribution >= 4 is 6.09 Å². The van der Waals surface area contributed by atoms with Crippen LogP contribution in [0.15, 0.2) is 0 Å². The number of carbonyl (C=O) groups is 1. The predicted molar refractivity (Wildman–Crippen MR) is 49.7 cm³/mol. The highest BCUT2D eigenvalue weighted by atomic mass is 16.6. The van der Waals surface area contributed by atoms with E-state index in [0.717, 1.165) is 0 Å². The van der Waals surface area contributed by atoms with Gasteiger partial charge in [-0.25, -0.2) is 4.79 Å². The fourth-order valence-corrected chi connectivity index (χ4v) is 1.18. The molecule has 0 aliphatic carbocycles. The van der Waals surface area contributed by atoms with Crippen LogP contribution in [0.25, 0.3) is 0 Å². The van der Waals surface area contributed by atoms with Crippen molar-refractivity contribution in [2.75, 3.05) is 6.61 Å². The summed E-state index contributed by atoms with van der Waals surface area (Å²) in [5, 5.41) is 11.8. The molecule has 0 radical (unpaired) electrons. The Balaban J connectivity index is 2.33. The maximum absolute atomic E-state index is 11.3. The highest BCUT2D eigenvalue weighted by molar-refractivity contribution is 5.68. The van der Waals surface area contributed by atoms with Crippen LogP contribution in [0.4, 0.5) is 4.79 Å². The van der Waals surface area contributed by atoms with E-state index in [1.165, 1.54) is 0 Å². The molecule has 0 spiro atoms. The van der Waals surface area contributed by atoms with Crippen LogP contribution < -0.4 is 5.32 Å². The topological polar surface area (TPSA) is 67.8 Å². The number of rotatable bonds is 1. The smallest absolute Gasteiger partial charge is 0.408 e. The maximum atomic E-state index is 11.3. The van der Waals surface area contributed by atoms with E-state index in [-0.39, 0.29) is 6.04 Å². The average Bonchev–Trinajstić information content (AvgIpc) is 2.32. The van der Waals surface area contributed by atoms with Gasteiger partial charge in [-0.2, -0.15) is 0 Å². The zero-order valence-corrected chi connectivity index (χ0v) is 8.74. The zero-order chi connectivity index (χ0) is 10.8. The third-order valence-corrected chi connectivity index (χ3v) is 1.76. The minimum atomic E-state index is -0.914. The third-order valence-electron chi connectivity index (χ3n) is 1.76. The van der Waals surface area contributed by atoms with Crippen molar-refractivity contribution in [3.63, 3.8) is 0 Å². The number of hydrogen-bond donors (Lipinski definition) is 2. The first-order valence-corrected chi connectivity index (χ1v) is 4.68. The van der Waals surface area contributed by atoms with E-state index in [1.54, 1.807) is 20.8 Å². The minimum absolute atomic E-state index is 0.357. The highest BCUT2D eigenvalue weighted by Crippen LogP contribution is 2.12. The summed E-state index contributed by atoms with van der Waals surface area (Å²) in [4.78, 5) is 11.3. The summed E-state index contributed by atoms with van der Waals surface area (Å²) in [5.74, 6) is 0. The summed E-state index contributed by atoms with van der Waals surface area (Å²) in [6, 6.07) is -0.357. The molecule has 0 unspecified atom stereocenters. The SMILES string of the molecule is CC(C)(C)OC(=O)N[C@@H]1CCO[C@H]1O. The maximum Gasteiger partial charge on any atom is 0.408 e. The Hall–Kier alpha value is -0.810. The van der Waals surface area contributed by atoms with Gasteiger partial charge in [0.1, 0.15) is 5.60 Å². The first-order chi connectivity index (χ1) is 6.38. The Bertz CT molecular complexity index is 211. The lowest BCUT2D eigenvalue weighted by Crippen LogP contribution is -2.43. The van der Waals surface area contributed by atoms with Crippen molar-refractivity contribution in [1.82, 2.24) is 5.32 Å². The van der Waals surface area contributed by atoms with Gasteiger partial charge in [0.2, 0.25) is 0 Å².